The fourth-order valence-corrected chi connectivity index (χ4v) is 1.72. The van der Waals surface area contributed by atoms with E-state index in [0.29, 0.717) is 13.1 Å². The van der Waals surface area contributed by atoms with Crippen molar-refractivity contribution in [2.75, 3.05) is 13.1 Å². The van der Waals surface area contributed by atoms with E-state index in [1.807, 2.05) is 0 Å². The van der Waals surface area contributed by atoms with Crippen LogP contribution in [0.5, 0.6) is 0 Å². The molecule has 1 saturated heterocycles. The molecule has 0 aromatic rings. The number of hydrogen-bond donors (Lipinski definition) is 1. The topological polar surface area (TPSA) is 63.4 Å². The van der Waals surface area contributed by atoms with Gasteiger partial charge < -0.3 is 5.73 Å². The molecular formula is C3H7ClN2O2S. The molecule has 1 aliphatic heterocycles. The molecule has 2 N–H and O–H groups in total. The highest BCUT2D eigenvalue weighted by Crippen LogP contribution is 2.14. The fraction of sp³-hybridized carbons (Fsp3) is 1.00. The molecule has 0 saturated carbocycles. The van der Waals surface area contributed by atoms with Crippen molar-refractivity contribution in [3.05, 3.63) is 0 Å². The van der Waals surface area contributed by atoms with E-state index in [0.717, 1.165) is 4.31 Å². The zero-order valence-electron chi connectivity index (χ0n) is 4.62. The van der Waals surface area contributed by atoms with Crippen LogP contribution in [0, 0.1) is 0 Å². The van der Waals surface area contributed by atoms with Gasteiger partial charge in [-0.1, -0.05) is 0 Å². The van der Waals surface area contributed by atoms with Gasteiger partial charge in [-0.3, -0.25) is 0 Å². The minimum atomic E-state index is -3.47. The lowest BCUT2D eigenvalue weighted by molar-refractivity contribution is 0.271. The summed E-state index contributed by atoms with van der Waals surface area (Å²) >= 11 is 0. The van der Waals surface area contributed by atoms with Crippen LogP contribution in [-0.2, 0) is 9.24 Å². The van der Waals surface area contributed by atoms with E-state index in [-0.39, 0.29) is 6.04 Å². The third kappa shape index (κ3) is 1.54. The van der Waals surface area contributed by atoms with Crippen LogP contribution in [0.25, 0.3) is 0 Å². The van der Waals surface area contributed by atoms with Crippen molar-refractivity contribution in [3.8, 4) is 0 Å². The predicted octanol–water partition coefficient (Wildman–Crippen LogP) is -0.887. The van der Waals surface area contributed by atoms with Crippen LogP contribution in [0.3, 0.4) is 0 Å². The van der Waals surface area contributed by atoms with Gasteiger partial charge in [0.2, 0.25) is 0 Å². The van der Waals surface area contributed by atoms with Gasteiger partial charge in [0, 0.05) is 29.8 Å². The molecule has 0 unspecified atom stereocenters. The maximum atomic E-state index is 10.4. The fourth-order valence-electron chi connectivity index (χ4n) is 0.648. The highest BCUT2D eigenvalue weighted by molar-refractivity contribution is 8.11. The van der Waals surface area contributed by atoms with Gasteiger partial charge in [-0.2, -0.15) is 12.7 Å². The van der Waals surface area contributed by atoms with Crippen molar-refractivity contribution in [1.29, 1.82) is 0 Å². The van der Waals surface area contributed by atoms with Crippen molar-refractivity contribution in [2.45, 2.75) is 6.04 Å². The molecule has 0 aromatic heterocycles. The minimum Gasteiger partial charge on any atom is -0.325 e. The number of nitrogens with two attached hydrogens (primary N) is 1. The zero-order chi connectivity index (χ0) is 7.07. The maximum Gasteiger partial charge on any atom is 0.299 e. The van der Waals surface area contributed by atoms with E-state index in [1.54, 1.807) is 0 Å². The highest BCUT2D eigenvalue weighted by atomic mass is 35.7. The van der Waals surface area contributed by atoms with Crippen molar-refractivity contribution in [2.24, 2.45) is 5.73 Å². The second-order valence-corrected chi connectivity index (χ2v) is 4.53. The van der Waals surface area contributed by atoms with Crippen LogP contribution < -0.4 is 5.73 Å². The molecule has 4 nitrogen and oxygen atoms in total. The maximum absolute atomic E-state index is 10.4. The Morgan fingerprint density at radius 2 is 2.00 bits per heavy atom. The van der Waals surface area contributed by atoms with Crippen LogP contribution in [0.15, 0.2) is 0 Å². The van der Waals surface area contributed by atoms with E-state index in [2.05, 4.69) is 0 Å². The monoisotopic (exact) mass is 170 g/mol. The highest BCUT2D eigenvalue weighted by Gasteiger charge is 2.31. The number of rotatable bonds is 1. The summed E-state index contributed by atoms with van der Waals surface area (Å²) in [5.74, 6) is 0. The van der Waals surface area contributed by atoms with Crippen LogP contribution in [0.1, 0.15) is 0 Å². The van der Waals surface area contributed by atoms with Gasteiger partial charge in [0.25, 0.3) is 9.24 Å². The molecule has 0 atom stereocenters. The van der Waals surface area contributed by atoms with E-state index in [4.69, 9.17) is 16.4 Å². The Kier molecular flexibility index (Phi) is 1.69. The Morgan fingerprint density at radius 3 is 2.11 bits per heavy atom. The molecule has 0 bridgehead atoms. The Balaban J connectivity index is 2.51. The Bertz CT molecular complexity index is 196. The molecule has 0 spiro atoms. The molecule has 1 aliphatic rings. The first-order valence-electron chi connectivity index (χ1n) is 2.45. The van der Waals surface area contributed by atoms with Crippen molar-refractivity contribution < 1.29 is 8.42 Å². The summed E-state index contributed by atoms with van der Waals surface area (Å²) < 4.78 is 21.9. The van der Waals surface area contributed by atoms with Gasteiger partial charge >= 0.3 is 0 Å². The van der Waals surface area contributed by atoms with Crippen LogP contribution in [0.4, 0.5) is 0 Å². The molecule has 6 heteroatoms. The molecule has 0 radical (unpaired) electrons. The average Bonchev–Trinajstić information content (AvgIpc) is 1.55. The second kappa shape index (κ2) is 2.09. The summed E-state index contributed by atoms with van der Waals surface area (Å²) in [6.07, 6.45) is 0. The van der Waals surface area contributed by atoms with E-state index in [9.17, 15) is 8.42 Å². The first-order chi connectivity index (χ1) is 4.00. The van der Waals surface area contributed by atoms with Gasteiger partial charge in [0.1, 0.15) is 0 Å². The Labute approximate surface area is 58.1 Å². The Hall–Kier alpha value is 0.160. The molecule has 0 amide bonds. The van der Waals surface area contributed by atoms with Gasteiger partial charge in [-0.05, 0) is 0 Å². The summed E-state index contributed by atoms with van der Waals surface area (Å²) in [5.41, 5.74) is 5.30. The van der Waals surface area contributed by atoms with Gasteiger partial charge in [0.05, 0.1) is 0 Å². The molecule has 1 fully saturated rings. The third-order valence-corrected chi connectivity index (χ3v) is 2.69. The number of hydrogen-bond acceptors (Lipinski definition) is 3. The lowest BCUT2D eigenvalue weighted by Crippen LogP contribution is -2.56. The standard InChI is InChI=1S/C3H7ClN2O2S/c4-9(7,8)6-1-3(5)2-6/h3H,1-2,5H2. The van der Waals surface area contributed by atoms with Crippen LogP contribution in [-0.4, -0.2) is 31.9 Å². The quantitative estimate of drug-likeness (QED) is 0.520. The first kappa shape index (κ1) is 7.27. The number of halogens is 1. The molecule has 0 aliphatic carbocycles. The lowest BCUT2D eigenvalue weighted by Gasteiger charge is -2.32. The predicted molar refractivity (Wildman–Crippen MR) is 34.3 cm³/mol. The summed E-state index contributed by atoms with van der Waals surface area (Å²) in [4.78, 5) is 0. The molecule has 1 rings (SSSR count). The molecule has 0 aromatic carbocycles. The summed E-state index contributed by atoms with van der Waals surface area (Å²) in [7, 11) is 1.47. The molecule has 9 heavy (non-hydrogen) atoms. The van der Waals surface area contributed by atoms with Crippen LogP contribution in [0.2, 0.25) is 0 Å². The van der Waals surface area contributed by atoms with Crippen molar-refractivity contribution in [1.82, 2.24) is 4.31 Å². The van der Waals surface area contributed by atoms with Gasteiger partial charge in [-0.15, -0.1) is 0 Å². The third-order valence-electron chi connectivity index (χ3n) is 1.18. The summed E-state index contributed by atoms with van der Waals surface area (Å²) in [6, 6.07) is -0.0291. The largest absolute Gasteiger partial charge is 0.325 e. The molecular weight excluding hydrogens is 164 g/mol. The normalized spacial score (nSPS) is 23.8. The van der Waals surface area contributed by atoms with E-state index < -0.39 is 9.24 Å². The second-order valence-electron chi connectivity index (χ2n) is 2.02. The number of nitrogens with zero attached hydrogens (tertiary/aromatic N) is 1. The van der Waals surface area contributed by atoms with E-state index in [1.165, 1.54) is 0 Å². The van der Waals surface area contributed by atoms with Crippen molar-refractivity contribution >= 4 is 19.9 Å². The minimum absolute atomic E-state index is 0.0291. The lowest BCUT2D eigenvalue weighted by atomic mass is 10.2. The van der Waals surface area contributed by atoms with Gasteiger partial charge in [-0.25, -0.2) is 0 Å². The molecule has 1 heterocycles. The van der Waals surface area contributed by atoms with Gasteiger partial charge in [0.15, 0.2) is 0 Å². The summed E-state index contributed by atoms with van der Waals surface area (Å²) in [5, 5.41) is 0. The smallest absolute Gasteiger partial charge is 0.299 e. The van der Waals surface area contributed by atoms with Crippen LogP contribution >= 0.6 is 10.7 Å². The van der Waals surface area contributed by atoms with Crippen molar-refractivity contribution in [3.63, 3.8) is 0 Å². The Morgan fingerprint density at radius 1 is 1.56 bits per heavy atom. The average molecular weight is 171 g/mol. The SMILES string of the molecule is NC1CN(S(=O)(=O)Cl)C1. The first-order valence-corrected chi connectivity index (χ1v) is 4.72. The van der Waals surface area contributed by atoms with E-state index >= 15 is 0 Å². The molecule has 54 valence electrons. The zero-order valence-corrected chi connectivity index (χ0v) is 6.19. The summed E-state index contributed by atoms with van der Waals surface area (Å²) in [6.45, 7) is 0.706.